The predicted octanol–water partition coefficient (Wildman–Crippen LogP) is 2.73. The van der Waals surface area contributed by atoms with Crippen molar-refractivity contribution in [2.75, 3.05) is 38.2 Å². The Morgan fingerprint density at radius 1 is 1.14 bits per heavy atom. The van der Waals surface area contributed by atoms with Crippen LogP contribution in [0.5, 0.6) is 11.5 Å². The summed E-state index contributed by atoms with van der Waals surface area (Å²) in [6.45, 7) is 2.81. The maximum absolute atomic E-state index is 14.6. The van der Waals surface area contributed by atoms with Crippen molar-refractivity contribution in [1.29, 1.82) is 0 Å². The average molecular weight is 397 g/mol. The van der Waals surface area contributed by atoms with Crippen LogP contribution in [0, 0.1) is 5.82 Å². The lowest BCUT2D eigenvalue weighted by Crippen LogP contribution is -2.41. The zero-order valence-corrected chi connectivity index (χ0v) is 15.6. The number of amides is 1. The number of halogens is 1. The van der Waals surface area contributed by atoms with Crippen molar-refractivity contribution in [2.24, 2.45) is 0 Å². The van der Waals surface area contributed by atoms with Crippen molar-refractivity contribution in [3.8, 4) is 11.5 Å². The summed E-state index contributed by atoms with van der Waals surface area (Å²) in [5.74, 6) is -0.640. The van der Waals surface area contributed by atoms with E-state index in [4.69, 9.17) is 9.47 Å². The number of anilines is 1. The van der Waals surface area contributed by atoms with E-state index in [-0.39, 0.29) is 29.5 Å². The summed E-state index contributed by atoms with van der Waals surface area (Å²) in [6.07, 6.45) is 0. The van der Waals surface area contributed by atoms with Gasteiger partial charge in [0.2, 0.25) is 5.91 Å². The van der Waals surface area contributed by atoms with E-state index in [1.54, 1.807) is 30.3 Å². The lowest BCUT2D eigenvalue weighted by molar-refractivity contribution is -0.118. The van der Waals surface area contributed by atoms with Crippen LogP contribution in [0.25, 0.3) is 10.9 Å². The molecule has 150 valence electrons. The molecule has 8 heteroatoms. The molecular formula is C21H20FN3O4. The molecule has 1 aromatic heterocycles. The number of fused-ring (bicyclic) bond motifs is 1. The third kappa shape index (κ3) is 4.61. The van der Waals surface area contributed by atoms with Crippen molar-refractivity contribution < 1.29 is 18.7 Å². The third-order valence-electron chi connectivity index (χ3n) is 4.62. The van der Waals surface area contributed by atoms with Crippen molar-refractivity contribution in [2.45, 2.75) is 0 Å². The summed E-state index contributed by atoms with van der Waals surface area (Å²) in [4.78, 5) is 28.7. The number of H-pyrrole nitrogens is 1. The number of pyridine rings is 1. The molecule has 2 heterocycles. The summed E-state index contributed by atoms with van der Waals surface area (Å²) >= 11 is 0. The molecule has 1 aliphatic rings. The summed E-state index contributed by atoms with van der Waals surface area (Å²) in [5, 5.41) is 3.35. The van der Waals surface area contributed by atoms with Gasteiger partial charge in [-0.05, 0) is 24.3 Å². The molecule has 1 amide bonds. The van der Waals surface area contributed by atoms with Crippen molar-refractivity contribution in [1.82, 2.24) is 9.88 Å². The first-order valence-corrected chi connectivity index (χ1v) is 9.28. The molecule has 2 N–H and O–H groups in total. The molecule has 2 aromatic carbocycles. The van der Waals surface area contributed by atoms with E-state index in [0.29, 0.717) is 42.9 Å². The van der Waals surface area contributed by atoms with Crippen molar-refractivity contribution in [3.05, 3.63) is 64.7 Å². The van der Waals surface area contributed by atoms with Crippen LogP contribution >= 0.6 is 0 Å². The zero-order valence-electron chi connectivity index (χ0n) is 15.6. The number of carbonyl (C=O) groups is 1. The number of hydrogen-bond acceptors (Lipinski definition) is 5. The minimum Gasteiger partial charge on any atom is -0.453 e. The molecule has 1 aliphatic heterocycles. The molecule has 0 radical (unpaired) electrons. The number of nitrogens with one attached hydrogen (secondary N) is 2. The van der Waals surface area contributed by atoms with Crippen LogP contribution in [0.1, 0.15) is 0 Å². The van der Waals surface area contributed by atoms with Gasteiger partial charge in [-0.2, -0.15) is 0 Å². The first kappa shape index (κ1) is 19.1. The SMILES string of the molecule is O=C(CN1CCOCC1)Nc1ccc(Oc2cc(=O)[nH]c3ccccc23)c(F)c1. The Labute approximate surface area is 166 Å². The fraction of sp³-hybridized carbons (Fsp3) is 0.238. The van der Waals surface area contributed by atoms with Crippen LogP contribution in [0.15, 0.2) is 53.3 Å². The molecule has 0 unspecified atom stereocenters. The lowest BCUT2D eigenvalue weighted by atomic mass is 10.2. The molecule has 0 atom stereocenters. The Morgan fingerprint density at radius 3 is 2.72 bits per heavy atom. The highest BCUT2D eigenvalue weighted by Crippen LogP contribution is 2.30. The quantitative estimate of drug-likeness (QED) is 0.692. The minimum absolute atomic E-state index is 0.0352. The second kappa shape index (κ2) is 8.42. The zero-order chi connectivity index (χ0) is 20.2. The molecule has 0 saturated carbocycles. The number of rotatable bonds is 5. The van der Waals surface area contributed by atoms with Gasteiger partial charge in [0.25, 0.3) is 5.56 Å². The van der Waals surface area contributed by atoms with Crippen LogP contribution in [-0.2, 0) is 9.53 Å². The topological polar surface area (TPSA) is 83.7 Å². The van der Waals surface area contributed by atoms with E-state index < -0.39 is 5.82 Å². The highest BCUT2D eigenvalue weighted by Gasteiger charge is 2.15. The maximum atomic E-state index is 14.6. The highest BCUT2D eigenvalue weighted by molar-refractivity contribution is 5.92. The Bertz CT molecular complexity index is 1090. The fourth-order valence-electron chi connectivity index (χ4n) is 3.20. The lowest BCUT2D eigenvalue weighted by Gasteiger charge is -2.25. The smallest absolute Gasteiger partial charge is 0.252 e. The number of ether oxygens (including phenoxy) is 2. The number of hydrogen-bond donors (Lipinski definition) is 2. The van der Waals surface area contributed by atoms with Crippen LogP contribution in [0.2, 0.25) is 0 Å². The second-order valence-corrected chi connectivity index (χ2v) is 6.73. The predicted molar refractivity (Wildman–Crippen MR) is 107 cm³/mol. The number of para-hydroxylation sites is 1. The Hall–Kier alpha value is -3.23. The van der Waals surface area contributed by atoms with Gasteiger partial charge >= 0.3 is 0 Å². The molecule has 29 heavy (non-hydrogen) atoms. The minimum atomic E-state index is -0.640. The number of aromatic amines is 1. The molecule has 0 spiro atoms. The molecule has 0 bridgehead atoms. The Balaban J connectivity index is 1.48. The maximum Gasteiger partial charge on any atom is 0.252 e. The van der Waals surface area contributed by atoms with Gasteiger partial charge in [0, 0.05) is 36.3 Å². The van der Waals surface area contributed by atoms with Crippen molar-refractivity contribution >= 4 is 22.5 Å². The van der Waals surface area contributed by atoms with Crippen LogP contribution in [-0.4, -0.2) is 48.6 Å². The van der Waals surface area contributed by atoms with Crippen molar-refractivity contribution in [3.63, 3.8) is 0 Å². The standard InChI is InChI=1S/C21H20FN3O4/c22-16-11-14(23-21(27)13-25-7-9-28-10-8-25)5-6-18(16)29-19-12-20(26)24-17-4-2-1-3-15(17)19/h1-6,11-12H,7-10,13H2,(H,23,27)(H,24,26). The van der Waals surface area contributed by atoms with Crippen LogP contribution in [0.3, 0.4) is 0 Å². The molecule has 3 aromatic rings. The summed E-state index contributed by atoms with van der Waals surface area (Å²) < 4.78 is 25.5. The number of aromatic nitrogens is 1. The summed E-state index contributed by atoms with van der Waals surface area (Å²) in [6, 6.07) is 12.6. The van der Waals surface area contributed by atoms with E-state index >= 15 is 0 Å². The Kier molecular flexibility index (Phi) is 5.55. The summed E-state index contributed by atoms with van der Waals surface area (Å²) in [7, 11) is 0. The van der Waals surface area contributed by atoms with Gasteiger partial charge in [-0.25, -0.2) is 4.39 Å². The second-order valence-electron chi connectivity index (χ2n) is 6.73. The number of benzene rings is 2. The van der Waals surface area contributed by atoms with Gasteiger partial charge in [0.1, 0.15) is 5.75 Å². The van der Waals surface area contributed by atoms with Gasteiger partial charge in [0.15, 0.2) is 11.6 Å². The number of nitrogens with zero attached hydrogens (tertiary/aromatic N) is 1. The van der Waals surface area contributed by atoms with Gasteiger partial charge in [-0.15, -0.1) is 0 Å². The van der Waals surface area contributed by atoms with Crippen LogP contribution in [0.4, 0.5) is 10.1 Å². The third-order valence-corrected chi connectivity index (χ3v) is 4.62. The van der Waals surface area contributed by atoms with Gasteiger partial charge < -0.3 is 19.8 Å². The molecule has 1 fully saturated rings. The van der Waals surface area contributed by atoms with E-state index in [1.807, 2.05) is 4.90 Å². The van der Waals surface area contributed by atoms with E-state index in [0.717, 1.165) is 0 Å². The van der Waals surface area contributed by atoms with Gasteiger partial charge in [0.05, 0.1) is 25.3 Å². The van der Waals surface area contributed by atoms with Gasteiger partial charge in [-0.3, -0.25) is 14.5 Å². The molecule has 1 saturated heterocycles. The summed E-state index contributed by atoms with van der Waals surface area (Å²) in [5.41, 5.74) is 0.595. The normalized spacial score (nSPS) is 14.7. The monoisotopic (exact) mass is 397 g/mol. The fourth-order valence-corrected chi connectivity index (χ4v) is 3.20. The van der Waals surface area contributed by atoms with E-state index in [2.05, 4.69) is 10.3 Å². The number of carbonyl (C=O) groups excluding carboxylic acids is 1. The number of morpholine rings is 1. The first-order valence-electron chi connectivity index (χ1n) is 9.28. The van der Waals surface area contributed by atoms with Gasteiger partial charge in [-0.1, -0.05) is 12.1 Å². The van der Waals surface area contributed by atoms with Crippen LogP contribution < -0.4 is 15.6 Å². The van der Waals surface area contributed by atoms with E-state index in [1.165, 1.54) is 18.2 Å². The van der Waals surface area contributed by atoms with E-state index in [9.17, 15) is 14.0 Å². The molecule has 0 aliphatic carbocycles. The average Bonchev–Trinajstić information content (AvgIpc) is 2.70. The Morgan fingerprint density at radius 2 is 1.93 bits per heavy atom. The molecule has 7 nitrogen and oxygen atoms in total. The molecular weight excluding hydrogens is 377 g/mol. The highest BCUT2D eigenvalue weighted by atomic mass is 19.1. The molecule has 4 rings (SSSR count). The largest absolute Gasteiger partial charge is 0.453 e. The first-order chi connectivity index (χ1) is 14.1.